The lowest BCUT2D eigenvalue weighted by atomic mass is 10.0. The number of carbonyl (C=O) groups is 1. The van der Waals surface area contributed by atoms with Gasteiger partial charge in [0.1, 0.15) is 11.8 Å². The van der Waals surface area contributed by atoms with Crippen molar-refractivity contribution in [2.75, 3.05) is 5.73 Å². The summed E-state index contributed by atoms with van der Waals surface area (Å²) in [4.78, 5) is 24.0. The van der Waals surface area contributed by atoms with Crippen LogP contribution in [0.4, 0.5) is 5.82 Å². The molecule has 0 bridgehead atoms. The number of Topliss-reactive ketones (excluding diaryl/α,β-unsaturated/α-hetero) is 1. The summed E-state index contributed by atoms with van der Waals surface area (Å²) in [6.07, 6.45) is 3.76. The first-order chi connectivity index (χ1) is 8.50. The van der Waals surface area contributed by atoms with Crippen molar-refractivity contribution < 1.29 is 4.79 Å². The van der Waals surface area contributed by atoms with Gasteiger partial charge in [-0.15, -0.1) is 0 Å². The van der Waals surface area contributed by atoms with E-state index in [0.717, 1.165) is 6.42 Å². The highest BCUT2D eigenvalue weighted by Crippen LogP contribution is 2.24. The van der Waals surface area contributed by atoms with Crippen LogP contribution in [0.25, 0.3) is 11.2 Å². The number of anilines is 1. The molecule has 2 aromatic heterocycles. The van der Waals surface area contributed by atoms with Crippen molar-refractivity contribution in [1.82, 2.24) is 19.5 Å². The Morgan fingerprint density at radius 2 is 2.11 bits per heavy atom. The van der Waals surface area contributed by atoms with Gasteiger partial charge in [0.2, 0.25) is 0 Å². The van der Waals surface area contributed by atoms with Crippen LogP contribution >= 0.6 is 0 Å². The number of nitrogen functional groups attached to an aromatic ring is 1. The molecule has 2 N–H and O–H groups in total. The Morgan fingerprint density at radius 3 is 2.72 bits per heavy atom. The Morgan fingerprint density at radius 1 is 1.39 bits per heavy atom. The summed E-state index contributed by atoms with van der Waals surface area (Å²) in [7, 11) is 0. The highest BCUT2D eigenvalue weighted by atomic mass is 16.1. The van der Waals surface area contributed by atoms with Crippen molar-refractivity contribution in [1.29, 1.82) is 0 Å². The maximum atomic E-state index is 11.8. The third-order valence-electron chi connectivity index (χ3n) is 2.89. The molecule has 0 aliphatic rings. The smallest absolute Gasteiger partial charge is 0.166 e. The third-order valence-corrected chi connectivity index (χ3v) is 2.89. The van der Waals surface area contributed by atoms with Crippen LogP contribution in [0, 0.1) is 5.92 Å². The molecular weight excluding hydrogens is 230 g/mol. The molecule has 0 aromatic carbocycles. The molecule has 2 heterocycles. The fourth-order valence-electron chi connectivity index (χ4n) is 2.02. The van der Waals surface area contributed by atoms with Crippen molar-refractivity contribution in [2.45, 2.75) is 33.2 Å². The predicted octanol–water partition coefficient (Wildman–Crippen LogP) is 1.58. The molecule has 0 fully saturated rings. The van der Waals surface area contributed by atoms with Gasteiger partial charge in [0.05, 0.1) is 12.4 Å². The summed E-state index contributed by atoms with van der Waals surface area (Å²) < 4.78 is 1.79. The van der Waals surface area contributed by atoms with Crippen molar-refractivity contribution >= 4 is 22.8 Å². The van der Waals surface area contributed by atoms with Crippen molar-refractivity contribution in [2.24, 2.45) is 5.92 Å². The monoisotopic (exact) mass is 247 g/mol. The molecule has 0 spiro atoms. The average molecular weight is 247 g/mol. The molecule has 0 aliphatic carbocycles. The van der Waals surface area contributed by atoms with E-state index in [9.17, 15) is 4.79 Å². The van der Waals surface area contributed by atoms with Crippen LogP contribution in [0.5, 0.6) is 0 Å². The summed E-state index contributed by atoms with van der Waals surface area (Å²) in [5.41, 5.74) is 6.90. The summed E-state index contributed by atoms with van der Waals surface area (Å²) >= 11 is 0. The number of fused-ring (bicyclic) bond motifs is 1. The van der Waals surface area contributed by atoms with Gasteiger partial charge in [0.25, 0.3) is 0 Å². The fraction of sp³-hybridized carbons (Fsp3) is 0.500. The average Bonchev–Trinajstić information content (AvgIpc) is 2.70. The highest BCUT2D eigenvalue weighted by Gasteiger charge is 2.21. The van der Waals surface area contributed by atoms with Crippen LogP contribution in [0.1, 0.15) is 33.2 Å². The molecule has 6 nitrogen and oxygen atoms in total. The van der Waals surface area contributed by atoms with Gasteiger partial charge >= 0.3 is 0 Å². The van der Waals surface area contributed by atoms with Gasteiger partial charge in [-0.2, -0.15) is 0 Å². The van der Waals surface area contributed by atoms with Crippen LogP contribution in [-0.4, -0.2) is 25.3 Å². The maximum absolute atomic E-state index is 11.8. The van der Waals surface area contributed by atoms with Crippen molar-refractivity contribution in [3.8, 4) is 0 Å². The molecule has 0 saturated carbocycles. The van der Waals surface area contributed by atoms with Gasteiger partial charge in [-0.05, 0) is 19.3 Å². The van der Waals surface area contributed by atoms with E-state index in [0.29, 0.717) is 22.9 Å². The SMILES string of the molecule is CC(=O)C(CC(C)C)n1cnc2c(N)ncnc21. The summed E-state index contributed by atoms with van der Waals surface area (Å²) in [6.45, 7) is 5.75. The Hall–Kier alpha value is -1.98. The summed E-state index contributed by atoms with van der Waals surface area (Å²) in [5, 5.41) is 0. The minimum atomic E-state index is -0.246. The second-order valence-electron chi connectivity index (χ2n) is 4.84. The minimum absolute atomic E-state index is 0.0974. The molecule has 2 aromatic rings. The normalized spacial score (nSPS) is 13.1. The molecule has 1 unspecified atom stereocenters. The van der Waals surface area contributed by atoms with E-state index < -0.39 is 0 Å². The third kappa shape index (κ3) is 2.18. The number of rotatable bonds is 4. The van der Waals surface area contributed by atoms with Gasteiger partial charge in [-0.1, -0.05) is 13.8 Å². The largest absolute Gasteiger partial charge is 0.382 e. The number of hydrogen-bond acceptors (Lipinski definition) is 5. The van der Waals surface area contributed by atoms with Gasteiger partial charge in [0, 0.05) is 0 Å². The number of carbonyl (C=O) groups excluding carboxylic acids is 1. The van der Waals surface area contributed by atoms with E-state index in [1.807, 2.05) is 0 Å². The quantitative estimate of drug-likeness (QED) is 0.886. The lowest BCUT2D eigenvalue weighted by Gasteiger charge is -2.17. The maximum Gasteiger partial charge on any atom is 0.166 e. The second kappa shape index (κ2) is 4.72. The number of nitrogens with zero attached hydrogens (tertiary/aromatic N) is 4. The second-order valence-corrected chi connectivity index (χ2v) is 4.84. The predicted molar refractivity (Wildman–Crippen MR) is 68.9 cm³/mol. The van der Waals surface area contributed by atoms with E-state index in [-0.39, 0.29) is 11.8 Å². The summed E-state index contributed by atoms with van der Waals surface area (Å²) in [5.74, 6) is 0.848. The van der Waals surface area contributed by atoms with Crippen molar-refractivity contribution in [3.63, 3.8) is 0 Å². The topological polar surface area (TPSA) is 86.7 Å². The molecular formula is C12H17N5O. The van der Waals surface area contributed by atoms with E-state index in [1.165, 1.54) is 6.33 Å². The van der Waals surface area contributed by atoms with E-state index in [4.69, 9.17) is 5.73 Å². The zero-order valence-corrected chi connectivity index (χ0v) is 10.8. The number of hydrogen-bond donors (Lipinski definition) is 1. The molecule has 96 valence electrons. The Bertz CT molecular complexity index is 575. The Kier molecular flexibility index (Phi) is 3.27. The van der Waals surface area contributed by atoms with Crippen LogP contribution in [0.3, 0.4) is 0 Å². The molecule has 2 rings (SSSR count). The molecule has 18 heavy (non-hydrogen) atoms. The van der Waals surface area contributed by atoms with Crippen LogP contribution in [-0.2, 0) is 4.79 Å². The first-order valence-corrected chi connectivity index (χ1v) is 5.94. The van der Waals surface area contributed by atoms with Gasteiger partial charge in [-0.3, -0.25) is 4.79 Å². The number of imidazole rings is 1. The van der Waals surface area contributed by atoms with E-state index in [2.05, 4.69) is 28.8 Å². The Balaban J connectivity index is 2.51. The molecule has 1 atom stereocenters. The number of aromatic nitrogens is 4. The lowest BCUT2D eigenvalue weighted by molar-refractivity contribution is -0.120. The highest BCUT2D eigenvalue weighted by molar-refractivity contribution is 5.85. The Labute approximate surface area is 105 Å². The standard InChI is InChI=1S/C12H17N5O/c1-7(2)4-9(8(3)18)17-6-16-10-11(13)14-5-15-12(10)17/h5-7,9H,4H2,1-3H3,(H2,13,14,15). The van der Waals surface area contributed by atoms with Crippen molar-refractivity contribution in [3.05, 3.63) is 12.7 Å². The van der Waals surface area contributed by atoms with Crippen LogP contribution < -0.4 is 5.73 Å². The van der Waals surface area contributed by atoms with Gasteiger partial charge in [-0.25, -0.2) is 15.0 Å². The molecule has 0 radical (unpaired) electrons. The van der Waals surface area contributed by atoms with Gasteiger partial charge in [0.15, 0.2) is 17.2 Å². The first-order valence-electron chi connectivity index (χ1n) is 5.94. The minimum Gasteiger partial charge on any atom is -0.382 e. The molecule has 6 heteroatoms. The molecule has 0 aliphatic heterocycles. The van der Waals surface area contributed by atoms with Gasteiger partial charge < -0.3 is 10.3 Å². The molecule has 0 amide bonds. The zero-order chi connectivity index (χ0) is 13.3. The van der Waals surface area contributed by atoms with E-state index >= 15 is 0 Å². The first kappa shape index (κ1) is 12.5. The van der Waals surface area contributed by atoms with Crippen LogP contribution in [0.2, 0.25) is 0 Å². The number of ketones is 1. The zero-order valence-electron chi connectivity index (χ0n) is 10.8. The number of nitrogens with two attached hydrogens (primary N) is 1. The fourth-order valence-corrected chi connectivity index (χ4v) is 2.02. The van der Waals surface area contributed by atoms with E-state index in [1.54, 1.807) is 17.8 Å². The molecule has 0 saturated heterocycles. The lowest BCUT2D eigenvalue weighted by Crippen LogP contribution is -2.18. The summed E-state index contributed by atoms with van der Waals surface area (Å²) in [6, 6.07) is -0.246. The van der Waals surface area contributed by atoms with Crippen LogP contribution in [0.15, 0.2) is 12.7 Å².